The smallest absolute Gasteiger partial charge is 0.282 e. The van der Waals surface area contributed by atoms with Gasteiger partial charge in [0, 0.05) is 25.5 Å². The number of aryl methyl sites for hydroxylation is 1. The van der Waals surface area contributed by atoms with E-state index in [0.29, 0.717) is 11.4 Å². The van der Waals surface area contributed by atoms with E-state index in [-0.39, 0.29) is 5.56 Å². The molecule has 4 nitrogen and oxygen atoms in total. The average molecular weight is 353 g/mol. The number of rotatable bonds is 3. The van der Waals surface area contributed by atoms with E-state index in [2.05, 4.69) is 18.9 Å². The van der Waals surface area contributed by atoms with Gasteiger partial charge < -0.3 is 4.90 Å². The molecule has 1 amide bonds. The van der Waals surface area contributed by atoms with E-state index < -0.39 is 18.0 Å². The van der Waals surface area contributed by atoms with Crippen molar-refractivity contribution < 1.29 is 13.6 Å². The fourth-order valence-corrected chi connectivity index (χ4v) is 1.99. The van der Waals surface area contributed by atoms with Crippen LogP contribution in [-0.2, 0) is 7.05 Å². The van der Waals surface area contributed by atoms with Crippen molar-refractivity contribution in [2.45, 2.75) is 47.5 Å². The lowest BCUT2D eigenvalue weighted by molar-refractivity contribution is 0.0977. The average Bonchev–Trinajstić information content (AvgIpc) is 2.92. The van der Waals surface area contributed by atoms with E-state index in [4.69, 9.17) is 0 Å². The number of alkyl halides is 2. The van der Waals surface area contributed by atoms with Gasteiger partial charge in [-0.3, -0.25) is 9.48 Å². The van der Waals surface area contributed by atoms with Gasteiger partial charge in [0.1, 0.15) is 5.69 Å². The zero-order valence-corrected chi connectivity index (χ0v) is 16.2. The van der Waals surface area contributed by atoms with Crippen LogP contribution in [0.3, 0.4) is 0 Å². The van der Waals surface area contributed by atoms with E-state index in [1.807, 2.05) is 19.9 Å². The molecule has 0 saturated heterocycles. The second-order valence-electron chi connectivity index (χ2n) is 5.18. The quantitative estimate of drug-likeness (QED) is 0.742. The lowest BCUT2D eigenvalue weighted by Gasteiger charge is -2.17. The maximum Gasteiger partial charge on any atom is 0.282 e. The number of hydrogen-bond acceptors (Lipinski definition) is 2. The van der Waals surface area contributed by atoms with Crippen molar-refractivity contribution in [3.63, 3.8) is 0 Å². The minimum absolute atomic E-state index is 0.0335. The first-order valence-corrected chi connectivity index (χ1v) is 8.49. The molecule has 0 unspecified atom stereocenters. The summed E-state index contributed by atoms with van der Waals surface area (Å²) in [5.41, 5.74) is 0.556. The molecule has 0 bridgehead atoms. The maximum atomic E-state index is 13.0. The molecule has 1 heterocycles. The van der Waals surface area contributed by atoms with Crippen molar-refractivity contribution in [2.75, 3.05) is 11.9 Å². The van der Waals surface area contributed by atoms with E-state index in [9.17, 15) is 13.6 Å². The van der Waals surface area contributed by atoms with Crippen molar-refractivity contribution in [3.8, 4) is 0 Å². The molecule has 0 aliphatic carbocycles. The predicted octanol–water partition coefficient (Wildman–Crippen LogP) is 5.39. The number of carbonyl (C=O) groups is 1. The first-order chi connectivity index (χ1) is 11.8. The molecular weight excluding hydrogens is 324 g/mol. The number of aromatic nitrogens is 2. The summed E-state index contributed by atoms with van der Waals surface area (Å²) in [5, 5.41) is 3.73. The number of anilines is 1. The van der Waals surface area contributed by atoms with Crippen LogP contribution in [0.15, 0.2) is 30.3 Å². The molecule has 25 heavy (non-hydrogen) atoms. The number of para-hydroxylation sites is 1. The summed E-state index contributed by atoms with van der Waals surface area (Å²) < 4.78 is 27.3. The molecule has 0 N–H and O–H groups in total. The van der Waals surface area contributed by atoms with Crippen molar-refractivity contribution in [1.82, 2.24) is 9.78 Å². The predicted molar refractivity (Wildman–Crippen MR) is 99.4 cm³/mol. The fraction of sp³-hybridized carbons (Fsp3) is 0.474. The van der Waals surface area contributed by atoms with Gasteiger partial charge in [0.05, 0.1) is 5.56 Å². The minimum atomic E-state index is -2.78. The Morgan fingerprint density at radius 3 is 2.12 bits per heavy atom. The summed E-state index contributed by atoms with van der Waals surface area (Å²) >= 11 is 0. The molecule has 2 aromatic rings. The number of carbonyl (C=O) groups excluding carboxylic acids is 1. The summed E-state index contributed by atoms with van der Waals surface area (Å²) in [6.07, 6.45) is -1.53. The van der Waals surface area contributed by atoms with E-state index >= 15 is 0 Å². The first kappa shape index (κ1) is 22.8. The van der Waals surface area contributed by atoms with Crippen molar-refractivity contribution in [3.05, 3.63) is 47.3 Å². The molecule has 2 rings (SSSR count). The molecule has 0 spiro atoms. The highest BCUT2D eigenvalue weighted by Crippen LogP contribution is 2.26. The zero-order chi connectivity index (χ0) is 19.6. The Balaban J connectivity index is 0.00000104. The van der Waals surface area contributed by atoms with Crippen LogP contribution in [-0.4, -0.2) is 22.7 Å². The molecule has 0 fully saturated rings. The van der Waals surface area contributed by atoms with Crippen LogP contribution < -0.4 is 4.90 Å². The molecule has 1 aromatic carbocycles. The minimum Gasteiger partial charge on any atom is -0.311 e. The van der Waals surface area contributed by atoms with Crippen molar-refractivity contribution >= 4 is 11.6 Å². The first-order valence-electron chi connectivity index (χ1n) is 8.49. The summed E-state index contributed by atoms with van der Waals surface area (Å²) in [4.78, 5) is 13.8. The van der Waals surface area contributed by atoms with E-state index in [1.165, 1.54) is 16.0 Å². The Morgan fingerprint density at radius 2 is 1.68 bits per heavy atom. The molecule has 0 aliphatic heterocycles. The molecule has 0 atom stereocenters. The van der Waals surface area contributed by atoms with Crippen LogP contribution in [0.2, 0.25) is 0 Å². The zero-order valence-electron chi connectivity index (χ0n) is 16.2. The van der Waals surface area contributed by atoms with E-state index in [1.54, 1.807) is 45.3 Å². The normalized spacial score (nSPS) is 9.68. The maximum absolute atomic E-state index is 13.0. The van der Waals surface area contributed by atoms with Crippen LogP contribution in [0, 0.1) is 6.92 Å². The second kappa shape index (κ2) is 11.3. The van der Waals surface area contributed by atoms with Crippen LogP contribution >= 0.6 is 0 Å². The van der Waals surface area contributed by atoms with Crippen LogP contribution in [0.5, 0.6) is 0 Å². The number of halogens is 2. The Morgan fingerprint density at radius 1 is 1.20 bits per heavy atom. The van der Waals surface area contributed by atoms with Gasteiger partial charge >= 0.3 is 0 Å². The molecule has 1 aromatic heterocycles. The molecule has 6 heteroatoms. The fourth-order valence-electron chi connectivity index (χ4n) is 1.99. The van der Waals surface area contributed by atoms with Gasteiger partial charge in [-0.2, -0.15) is 5.10 Å². The van der Waals surface area contributed by atoms with Crippen LogP contribution in [0.25, 0.3) is 0 Å². The third-order valence-electron chi connectivity index (χ3n) is 3.23. The lowest BCUT2D eigenvalue weighted by Crippen LogP contribution is -2.27. The molecule has 0 saturated carbocycles. The van der Waals surface area contributed by atoms with Gasteiger partial charge in [0.2, 0.25) is 0 Å². The highest BCUT2D eigenvalue weighted by molar-refractivity contribution is 6.07. The standard InChI is InChI=1S/C14H15F2N3O.C3H8.C2H6/c1-9-11(12(13(15)16)17-19(9)3)14(20)18(2)10-7-5-4-6-8-10;1-3-2;1-2/h4-8,13H,1-3H3;3H2,1-2H3;1-2H3. The largest absolute Gasteiger partial charge is 0.311 e. The number of benzene rings is 1. The molecular formula is C19H29F2N3O. The Hall–Kier alpha value is -2.24. The van der Waals surface area contributed by atoms with Gasteiger partial charge in [-0.1, -0.05) is 52.3 Å². The van der Waals surface area contributed by atoms with Crippen LogP contribution in [0.1, 0.15) is 62.3 Å². The third-order valence-corrected chi connectivity index (χ3v) is 3.23. The van der Waals surface area contributed by atoms with E-state index in [0.717, 1.165) is 0 Å². The highest BCUT2D eigenvalue weighted by Gasteiger charge is 2.28. The monoisotopic (exact) mass is 353 g/mol. The van der Waals surface area contributed by atoms with Gasteiger partial charge in [-0.05, 0) is 19.1 Å². The Bertz CT molecular complexity index is 640. The van der Waals surface area contributed by atoms with Crippen molar-refractivity contribution in [2.24, 2.45) is 7.05 Å². The third kappa shape index (κ3) is 5.96. The highest BCUT2D eigenvalue weighted by atomic mass is 19.3. The Labute approximate surface area is 149 Å². The lowest BCUT2D eigenvalue weighted by atomic mass is 10.1. The number of hydrogen-bond donors (Lipinski definition) is 0. The Kier molecular flexibility index (Phi) is 10.3. The van der Waals surface area contributed by atoms with Crippen LogP contribution in [0.4, 0.5) is 14.5 Å². The second-order valence-corrected chi connectivity index (χ2v) is 5.18. The summed E-state index contributed by atoms with van der Waals surface area (Å²) in [6, 6.07) is 8.87. The van der Waals surface area contributed by atoms with Gasteiger partial charge in [0.25, 0.3) is 12.3 Å². The number of nitrogens with zero attached hydrogens (tertiary/aromatic N) is 3. The van der Waals surface area contributed by atoms with Gasteiger partial charge in [0.15, 0.2) is 0 Å². The SMILES string of the molecule is CC.CCC.Cc1c(C(=O)N(C)c2ccccc2)c(C(F)F)nn1C. The number of amides is 1. The summed E-state index contributed by atoms with van der Waals surface area (Å²) in [5.74, 6) is -0.489. The molecule has 0 aliphatic rings. The molecule has 140 valence electrons. The van der Waals surface area contributed by atoms with Gasteiger partial charge in [-0.15, -0.1) is 0 Å². The summed E-state index contributed by atoms with van der Waals surface area (Å²) in [6.45, 7) is 9.85. The topological polar surface area (TPSA) is 38.1 Å². The summed E-state index contributed by atoms with van der Waals surface area (Å²) in [7, 11) is 3.10. The van der Waals surface area contributed by atoms with Gasteiger partial charge in [-0.25, -0.2) is 8.78 Å². The molecule has 0 radical (unpaired) electrons. The van der Waals surface area contributed by atoms with Crippen molar-refractivity contribution in [1.29, 1.82) is 0 Å².